The van der Waals surface area contributed by atoms with Crippen molar-refractivity contribution in [2.45, 2.75) is 18.2 Å². The van der Waals surface area contributed by atoms with Gasteiger partial charge in [-0.15, -0.1) is 0 Å². The molecule has 1 atom stereocenters. The molecule has 0 spiro atoms. The third kappa shape index (κ3) is 5.18. The van der Waals surface area contributed by atoms with Gasteiger partial charge in [-0.3, -0.25) is 14.5 Å². The molecule has 33 heavy (non-hydrogen) atoms. The maximum atomic E-state index is 13.5. The van der Waals surface area contributed by atoms with Gasteiger partial charge in [0.05, 0.1) is 18.1 Å². The molecule has 1 aromatic heterocycles. The van der Waals surface area contributed by atoms with Crippen LogP contribution in [0.1, 0.15) is 11.3 Å². The van der Waals surface area contributed by atoms with Gasteiger partial charge in [0, 0.05) is 10.2 Å². The van der Waals surface area contributed by atoms with E-state index in [4.69, 9.17) is 4.42 Å². The standard InChI is InChI=1S/C24H17BrFN3O3S/c25-16-5-3-15(4-6-16)12-21-23(31)29(18-9-7-17(26)8-10-18)24(33-21)20(13-27)22(30)28-14-19-2-1-11-32-19/h1-11,21H,12,14H2,(H,28,30)/b24-20-. The molecule has 1 saturated heterocycles. The summed E-state index contributed by atoms with van der Waals surface area (Å²) in [5.41, 5.74) is 1.13. The zero-order valence-electron chi connectivity index (χ0n) is 17.1. The summed E-state index contributed by atoms with van der Waals surface area (Å²) >= 11 is 4.55. The second-order valence-electron chi connectivity index (χ2n) is 7.14. The summed E-state index contributed by atoms with van der Waals surface area (Å²) in [6.07, 6.45) is 1.89. The molecule has 2 heterocycles. The van der Waals surface area contributed by atoms with E-state index in [-0.39, 0.29) is 23.1 Å². The molecule has 1 N–H and O–H groups in total. The number of nitrogens with one attached hydrogen (secondary N) is 1. The van der Waals surface area contributed by atoms with Crippen molar-refractivity contribution in [2.24, 2.45) is 0 Å². The SMILES string of the molecule is N#C/C(C(=O)NCc1ccco1)=C1/SC(Cc2ccc(Br)cc2)C(=O)N1c1ccc(F)cc1. The molecular formula is C24H17BrFN3O3S. The van der Waals surface area contributed by atoms with E-state index in [2.05, 4.69) is 21.2 Å². The summed E-state index contributed by atoms with van der Waals surface area (Å²) in [6, 6.07) is 18.3. The maximum absolute atomic E-state index is 13.5. The van der Waals surface area contributed by atoms with Crippen molar-refractivity contribution >= 4 is 45.2 Å². The third-order valence-electron chi connectivity index (χ3n) is 4.93. The topological polar surface area (TPSA) is 86.3 Å². The fourth-order valence-electron chi connectivity index (χ4n) is 3.32. The number of hydrogen-bond acceptors (Lipinski definition) is 5. The van der Waals surface area contributed by atoms with E-state index < -0.39 is 17.0 Å². The number of nitrogens with zero attached hydrogens (tertiary/aromatic N) is 2. The average Bonchev–Trinajstić information content (AvgIpc) is 3.44. The lowest BCUT2D eigenvalue weighted by Gasteiger charge is -2.18. The van der Waals surface area contributed by atoms with Crippen LogP contribution in [0.2, 0.25) is 0 Å². The largest absolute Gasteiger partial charge is 0.467 e. The first-order valence-corrected chi connectivity index (χ1v) is 11.6. The highest BCUT2D eigenvalue weighted by atomic mass is 79.9. The minimum absolute atomic E-state index is 0.0990. The van der Waals surface area contributed by atoms with Crippen molar-refractivity contribution in [3.05, 3.63) is 99.1 Å². The number of amides is 2. The molecule has 4 rings (SSSR count). The van der Waals surface area contributed by atoms with Gasteiger partial charge in [0.2, 0.25) is 5.91 Å². The molecule has 6 nitrogen and oxygen atoms in total. The molecular weight excluding hydrogens is 509 g/mol. The third-order valence-corrected chi connectivity index (χ3v) is 6.72. The van der Waals surface area contributed by atoms with Crippen molar-refractivity contribution in [3.8, 4) is 6.07 Å². The van der Waals surface area contributed by atoms with E-state index in [1.807, 2.05) is 30.3 Å². The smallest absolute Gasteiger partial charge is 0.265 e. The second kappa shape index (κ2) is 10.1. The van der Waals surface area contributed by atoms with Gasteiger partial charge < -0.3 is 9.73 Å². The summed E-state index contributed by atoms with van der Waals surface area (Å²) < 4.78 is 19.6. The molecule has 1 unspecified atom stereocenters. The summed E-state index contributed by atoms with van der Waals surface area (Å²) in [7, 11) is 0. The van der Waals surface area contributed by atoms with Crippen LogP contribution < -0.4 is 10.2 Å². The summed E-state index contributed by atoms with van der Waals surface area (Å²) in [5.74, 6) is -0.826. The van der Waals surface area contributed by atoms with E-state index in [1.165, 1.54) is 35.4 Å². The Morgan fingerprint density at radius 2 is 1.91 bits per heavy atom. The van der Waals surface area contributed by atoms with Gasteiger partial charge in [-0.1, -0.05) is 39.8 Å². The molecule has 166 valence electrons. The zero-order valence-corrected chi connectivity index (χ0v) is 19.5. The molecule has 0 radical (unpaired) electrons. The molecule has 1 aliphatic rings. The van der Waals surface area contributed by atoms with Crippen LogP contribution in [-0.2, 0) is 22.6 Å². The van der Waals surface area contributed by atoms with E-state index in [9.17, 15) is 19.2 Å². The first kappa shape index (κ1) is 22.8. The van der Waals surface area contributed by atoms with E-state index in [1.54, 1.807) is 12.1 Å². The lowest BCUT2D eigenvalue weighted by atomic mass is 10.1. The molecule has 3 aromatic rings. The van der Waals surface area contributed by atoms with Crippen LogP contribution >= 0.6 is 27.7 Å². The highest BCUT2D eigenvalue weighted by Gasteiger charge is 2.40. The molecule has 2 aromatic carbocycles. The number of carbonyl (C=O) groups is 2. The van der Waals surface area contributed by atoms with Crippen LogP contribution in [0.15, 0.2) is 86.4 Å². The van der Waals surface area contributed by atoms with Crippen LogP contribution in [-0.4, -0.2) is 17.1 Å². The van der Waals surface area contributed by atoms with Gasteiger partial charge in [-0.2, -0.15) is 5.26 Å². The molecule has 1 fully saturated rings. The Kier molecular flexibility index (Phi) is 6.96. The number of furan rings is 1. The first-order chi connectivity index (χ1) is 16.0. The van der Waals surface area contributed by atoms with Crippen molar-refractivity contribution in [3.63, 3.8) is 0 Å². The van der Waals surface area contributed by atoms with Gasteiger partial charge in [0.15, 0.2) is 0 Å². The Labute approximate surface area is 202 Å². The van der Waals surface area contributed by atoms with Crippen molar-refractivity contribution in [2.75, 3.05) is 4.90 Å². The molecule has 1 aliphatic heterocycles. The number of nitriles is 1. The number of benzene rings is 2. The van der Waals surface area contributed by atoms with Gasteiger partial charge in [0.25, 0.3) is 5.91 Å². The molecule has 2 amide bonds. The van der Waals surface area contributed by atoms with Crippen LogP contribution in [0.5, 0.6) is 0 Å². The normalized spacial score (nSPS) is 17.1. The average molecular weight is 526 g/mol. The van der Waals surface area contributed by atoms with E-state index in [0.29, 0.717) is 17.9 Å². The Hall–Kier alpha value is -3.35. The fourth-order valence-corrected chi connectivity index (χ4v) is 4.89. The number of hydrogen-bond donors (Lipinski definition) is 1. The number of halogens is 2. The van der Waals surface area contributed by atoms with Crippen LogP contribution in [0.3, 0.4) is 0 Å². The summed E-state index contributed by atoms with van der Waals surface area (Å²) in [6.45, 7) is 0.0990. The van der Waals surface area contributed by atoms with Crippen molar-refractivity contribution in [1.82, 2.24) is 5.32 Å². The van der Waals surface area contributed by atoms with Gasteiger partial charge in [-0.25, -0.2) is 4.39 Å². The fraction of sp³-hybridized carbons (Fsp3) is 0.125. The van der Waals surface area contributed by atoms with Crippen molar-refractivity contribution < 1.29 is 18.4 Å². The van der Waals surface area contributed by atoms with E-state index in [0.717, 1.165) is 21.8 Å². The van der Waals surface area contributed by atoms with Crippen LogP contribution in [0.4, 0.5) is 10.1 Å². The molecule has 9 heteroatoms. The van der Waals surface area contributed by atoms with Gasteiger partial charge in [-0.05, 0) is 60.5 Å². The first-order valence-electron chi connectivity index (χ1n) is 9.92. The maximum Gasteiger partial charge on any atom is 0.265 e. The highest BCUT2D eigenvalue weighted by Crippen LogP contribution is 2.42. The van der Waals surface area contributed by atoms with Crippen molar-refractivity contribution in [1.29, 1.82) is 5.26 Å². The minimum Gasteiger partial charge on any atom is -0.467 e. The van der Waals surface area contributed by atoms with Crippen LogP contribution in [0, 0.1) is 17.1 Å². The predicted molar refractivity (Wildman–Crippen MR) is 126 cm³/mol. The monoisotopic (exact) mass is 525 g/mol. The lowest BCUT2D eigenvalue weighted by Crippen LogP contribution is -2.32. The number of carbonyl (C=O) groups excluding carboxylic acids is 2. The zero-order chi connectivity index (χ0) is 23.4. The lowest BCUT2D eigenvalue weighted by molar-refractivity contribution is -0.117. The Morgan fingerprint density at radius 1 is 1.18 bits per heavy atom. The number of anilines is 1. The number of rotatable bonds is 6. The van der Waals surface area contributed by atoms with Crippen LogP contribution in [0.25, 0.3) is 0 Å². The highest BCUT2D eigenvalue weighted by molar-refractivity contribution is 9.10. The van der Waals surface area contributed by atoms with Gasteiger partial charge >= 0.3 is 0 Å². The quantitative estimate of drug-likeness (QED) is 0.364. The number of thioether (sulfide) groups is 1. The van der Waals surface area contributed by atoms with E-state index >= 15 is 0 Å². The Bertz CT molecular complexity index is 1240. The Balaban J connectivity index is 1.67. The summed E-state index contributed by atoms with van der Waals surface area (Å²) in [5, 5.41) is 12.1. The predicted octanol–water partition coefficient (Wildman–Crippen LogP) is 4.92. The molecule has 0 aliphatic carbocycles. The van der Waals surface area contributed by atoms with Gasteiger partial charge in [0.1, 0.15) is 28.2 Å². The second-order valence-corrected chi connectivity index (χ2v) is 9.25. The summed E-state index contributed by atoms with van der Waals surface area (Å²) in [4.78, 5) is 27.5. The molecule has 0 bridgehead atoms. The molecule has 0 saturated carbocycles. The minimum atomic E-state index is -0.624. The Morgan fingerprint density at radius 3 is 2.55 bits per heavy atom.